The molecule has 0 bridgehead atoms. The van der Waals surface area contributed by atoms with Gasteiger partial charge in [0.2, 0.25) is 5.91 Å². The van der Waals surface area contributed by atoms with Gasteiger partial charge in [-0.3, -0.25) is 14.4 Å². The highest BCUT2D eigenvalue weighted by molar-refractivity contribution is 9.10. The maximum atomic E-state index is 12.7. The molecule has 0 unspecified atom stereocenters. The molecule has 11 heteroatoms. The van der Waals surface area contributed by atoms with Gasteiger partial charge in [-0.2, -0.15) is 5.10 Å². The van der Waals surface area contributed by atoms with Gasteiger partial charge in [0.15, 0.2) is 5.71 Å². The summed E-state index contributed by atoms with van der Waals surface area (Å²) in [7, 11) is 0. The molecule has 1 saturated heterocycles. The molecule has 194 valence electrons. The van der Waals surface area contributed by atoms with E-state index in [-0.39, 0.29) is 30.1 Å². The third kappa shape index (κ3) is 5.84. The van der Waals surface area contributed by atoms with Gasteiger partial charge in [-0.1, -0.05) is 12.1 Å². The Bertz CT molecular complexity index is 1280. The van der Waals surface area contributed by atoms with Crippen LogP contribution < -0.4 is 20.8 Å². The lowest BCUT2D eigenvalue weighted by Crippen LogP contribution is -2.29. The molecule has 4 N–H and O–H groups in total. The van der Waals surface area contributed by atoms with Gasteiger partial charge >= 0.3 is 0 Å². The topological polar surface area (TPSA) is 132 Å². The Hall–Kier alpha value is -3.28. The Morgan fingerprint density at radius 3 is 2.95 bits per heavy atom. The molecule has 10 nitrogen and oxygen atoms in total. The number of hydrogen-bond donors (Lipinski definition) is 4. The number of aliphatic hydroxyl groups excluding tert-OH is 1. The minimum Gasteiger partial charge on any atom is -0.493 e. The maximum absolute atomic E-state index is 12.7. The molecular formula is C26H28BrN5O5. The zero-order valence-electron chi connectivity index (χ0n) is 20.2. The van der Waals surface area contributed by atoms with Gasteiger partial charge in [-0.05, 0) is 64.6 Å². The van der Waals surface area contributed by atoms with E-state index in [0.717, 1.165) is 49.2 Å². The first-order chi connectivity index (χ1) is 17.9. The number of amides is 3. The summed E-state index contributed by atoms with van der Waals surface area (Å²) in [5.41, 5.74) is 5.79. The number of hydrogen-bond acceptors (Lipinski definition) is 7. The number of carbonyl (C=O) groups excluding carboxylic acids is 3. The molecule has 1 fully saturated rings. The first kappa shape index (κ1) is 25.4. The predicted octanol–water partition coefficient (Wildman–Crippen LogP) is 1.59. The average molecular weight is 570 g/mol. The van der Waals surface area contributed by atoms with Crippen LogP contribution in [-0.4, -0.2) is 72.3 Å². The van der Waals surface area contributed by atoms with E-state index in [2.05, 4.69) is 42.0 Å². The Balaban J connectivity index is 1.18. The number of aliphatic hydroxyl groups is 1. The number of hydrazone groups is 1. The lowest BCUT2D eigenvalue weighted by molar-refractivity contribution is -0.120. The van der Waals surface area contributed by atoms with Crippen molar-refractivity contribution < 1.29 is 24.2 Å². The molecule has 5 rings (SSSR count). The van der Waals surface area contributed by atoms with E-state index < -0.39 is 5.91 Å². The molecule has 3 aliphatic rings. The van der Waals surface area contributed by atoms with Crippen molar-refractivity contribution in [2.75, 3.05) is 38.1 Å². The Morgan fingerprint density at radius 1 is 1.27 bits per heavy atom. The second-order valence-electron chi connectivity index (χ2n) is 9.40. The summed E-state index contributed by atoms with van der Waals surface area (Å²) in [6.07, 6.45) is 2.26. The second-order valence-corrected chi connectivity index (χ2v) is 10.3. The fourth-order valence-corrected chi connectivity index (χ4v) is 5.44. The van der Waals surface area contributed by atoms with Gasteiger partial charge in [-0.15, -0.1) is 0 Å². The number of fused-ring (bicyclic) bond motifs is 2. The zero-order valence-corrected chi connectivity index (χ0v) is 21.8. The summed E-state index contributed by atoms with van der Waals surface area (Å²) < 4.78 is 6.01. The monoisotopic (exact) mass is 569 g/mol. The van der Waals surface area contributed by atoms with Crippen LogP contribution in [0.2, 0.25) is 0 Å². The maximum Gasteiger partial charge on any atom is 0.276 e. The number of nitrogens with one attached hydrogen (secondary N) is 3. The summed E-state index contributed by atoms with van der Waals surface area (Å²) in [5, 5.41) is 19.3. The van der Waals surface area contributed by atoms with Crippen LogP contribution in [0.1, 0.15) is 39.9 Å². The fraction of sp³-hybridized carbons (Fsp3) is 0.385. The van der Waals surface area contributed by atoms with Crippen LogP contribution >= 0.6 is 15.9 Å². The molecule has 2 aromatic carbocycles. The SMILES string of the molecule is O=C(Cc1ccc2c(c1)CCO2)N/N=C1\C(=O)Nc2cc(C(=O)NCCCN3CC[C@@H](O)C3)cc(Br)c21. The van der Waals surface area contributed by atoms with Crippen molar-refractivity contribution in [1.29, 1.82) is 0 Å². The van der Waals surface area contributed by atoms with E-state index in [1.165, 1.54) is 0 Å². The number of anilines is 1. The molecule has 0 saturated carbocycles. The Labute approximate surface area is 222 Å². The molecule has 2 aromatic rings. The third-order valence-electron chi connectivity index (χ3n) is 6.65. The number of ether oxygens (including phenoxy) is 1. The fourth-order valence-electron chi connectivity index (χ4n) is 4.79. The summed E-state index contributed by atoms with van der Waals surface area (Å²) in [6, 6.07) is 8.89. The molecule has 0 aromatic heterocycles. The van der Waals surface area contributed by atoms with E-state index in [4.69, 9.17) is 4.74 Å². The first-order valence-electron chi connectivity index (χ1n) is 12.3. The molecular weight excluding hydrogens is 542 g/mol. The number of halogens is 1. The van der Waals surface area contributed by atoms with E-state index in [1.807, 2.05) is 18.2 Å². The Morgan fingerprint density at radius 2 is 2.14 bits per heavy atom. The highest BCUT2D eigenvalue weighted by Crippen LogP contribution is 2.32. The standard InChI is InChI=1S/C26H28BrN5O5/c27-19-12-17(25(35)28-6-1-7-32-8-4-18(33)14-32)13-20-23(19)24(26(36)29-20)31-30-22(34)11-15-2-3-21-16(10-15)5-9-37-21/h2-3,10,12-13,18,33H,1,4-9,11,14H2,(H,28,35)(H,30,34)(H,29,31,36)/t18-/m1/s1. The predicted molar refractivity (Wildman–Crippen MR) is 141 cm³/mol. The van der Waals surface area contributed by atoms with Crippen molar-refractivity contribution in [3.8, 4) is 5.75 Å². The third-order valence-corrected chi connectivity index (χ3v) is 7.27. The number of β-amino-alcohol motifs (C(OH)–C–C–N with tert-alkyl or cyclic N) is 1. The van der Waals surface area contributed by atoms with Crippen LogP contribution in [-0.2, 0) is 22.4 Å². The lowest BCUT2D eigenvalue weighted by atomic mass is 10.1. The van der Waals surface area contributed by atoms with Gasteiger partial charge in [0.05, 0.1) is 24.8 Å². The number of likely N-dealkylation sites (tertiary alicyclic amines) is 1. The van der Waals surface area contributed by atoms with Crippen molar-refractivity contribution in [2.24, 2.45) is 5.10 Å². The molecule has 3 amide bonds. The van der Waals surface area contributed by atoms with E-state index >= 15 is 0 Å². The number of nitrogens with zero attached hydrogens (tertiary/aromatic N) is 2. The largest absolute Gasteiger partial charge is 0.493 e. The minimum absolute atomic E-state index is 0.0670. The average Bonchev–Trinajstić information content (AvgIpc) is 3.58. The van der Waals surface area contributed by atoms with Crippen molar-refractivity contribution in [1.82, 2.24) is 15.6 Å². The van der Waals surface area contributed by atoms with Crippen molar-refractivity contribution >= 4 is 45.1 Å². The Kier molecular flexibility index (Phi) is 7.54. The molecule has 0 radical (unpaired) electrons. The van der Waals surface area contributed by atoms with Crippen LogP contribution in [0.5, 0.6) is 5.75 Å². The number of benzene rings is 2. The van der Waals surface area contributed by atoms with Crippen LogP contribution in [0.15, 0.2) is 39.9 Å². The highest BCUT2D eigenvalue weighted by Gasteiger charge is 2.30. The van der Waals surface area contributed by atoms with Crippen LogP contribution in [0.3, 0.4) is 0 Å². The van der Waals surface area contributed by atoms with E-state index in [9.17, 15) is 19.5 Å². The number of rotatable bonds is 8. The minimum atomic E-state index is -0.462. The smallest absolute Gasteiger partial charge is 0.276 e. The molecule has 0 spiro atoms. The van der Waals surface area contributed by atoms with Crippen molar-refractivity contribution in [2.45, 2.75) is 31.8 Å². The molecule has 1 atom stereocenters. The summed E-state index contributed by atoms with van der Waals surface area (Å²) in [4.78, 5) is 39.9. The van der Waals surface area contributed by atoms with Crippen LogP contribution in [0.4, 0.5) is 5.69 Å². The zero-order chi connectivity index (χ0) is 25.9. The first-order valence-corrected chi connectivity index (χ1v) is 13.1. The summed E-state index contributed by atoms with van der Waals surface area (Å²) >= 11 is 3.45. The van der Waals surface area contributed by atoms with Gasteiger partial charge in [0, 0.05) is 41.7 Å². The summed E-state index contributed by atoms with van der Waals surface area (Å²) in [5.74, 6) is -0.207. The second kappa shape index (κ2) is 11.0. The molecule has 3 heterocycles. The van der Waals surface area contributed by atoms with Crippen molar-refractivity contribution in [3.05, 3.63) is 57.1 Å². The van der Waals surface area contributed by atoms with E-state index in [0.29, 0.717) is 41.0 Å². The summed E-state index contributed by atoms with van der Waals surface area (Å²) in [6.45, 7) is 3.52. The highest BCUT2D eigenvalue weighted by atomic mass is 79.9. The lowest BCUT2D eigenvalue weighted by Gasteiger charge is -2.14. The molecule has 3 aliphatic heterocycles. The van der Waals surface area contributed by atoms with Gasteiger partial charge in [0.1, 0.15) is 5.75 Å². The van der Waals surface area contributed by atoms with Crippen LogP contribution in [0, 0.1) is 0 Å². The van der Waals surface area contributed by atoms with Gasteiger partial charge < -0.3 is 25.4 Å². The molecule has 0 aliphatic carbocycles. The quantitative estimate of drug-likeness (QED) is 0.282. The van der Waals surface area contributed by atoms with Crippen molar-refractivity contribution in [3.63, 3.8) is 0 Å². The normalized spacial score (nSPS) is 19.4. The molecule has 37 heavy (non-hydrogen) atoms. The number of carbonyl (C=O) groups is 3. The van der Waals surface area contributed by atoms with Gasteiger partial charge in [0.25, 0.3) is 11.8 Å². The van der Waals surface area contributed by atoms with E-state index in [1.54, 1.807) is 12.1 Å². The van der Waals surface area contributed by atoms with Crippen LogP contribution in [0.25, 0.3) is 0 Å². The van der Waals surface area contributed by atoms with Gasteiger partial charge in [-0.25, -0.2) is 5.43 Å².